The molecule has 0 unspecified atom stereocenters. The third kappa shape index (κ3) is 2.31. The Labute approximate surface area is 95.9 Å². The first kappa shape index (κ1) is 12.9. The fraction of sp³-hybridized carbons (Fsp3) is 0.300. The summed E-state index contributed by atoms with van der Waals surface area (Å²) in [6.07, 6.45) is 0. The van der Waals surface area contributed by atoms with Crippen LogP contribution in [0.4, 0.5) is 8.78 Å². The predicted molar refractivity (Wildman–Crippen MR) is 53.4 cm³/mol. The van der Waals surface area contributed by atoms with E-state index in [1.807, 2.05) is 0 Å². The molecule has 0 heterocycles. The molecule has 6 heteroatoms. The van der Waals surface area contributed by atoms with Gasteiger partial charge in [0.15, 0.2) is 11.6 Å². The monoisotopic (exact) mass is 250 g/mol. The molecule has 0 radical (unpaired) electrons. The van der Waals surface area contributed by atoms with E-state index in [9.17, 15) is 13.6 Å². The van der Waals surface area contributed by atoms with Gasteiger partial charge < -0.3 is 9.47 Å². The predicted octanol–water partition coefficient (Wildman–Crippen LogP) is 2.55. The Morgan fingerprint density at radius 2 is 2.06 bits per heavy atom. The molecule has 0 aromatic heterocycles. The van der Waals surface area contributed by atoms with E-state index >= 15 is 0 Å². The molecule has 0 aliphatic heterocycles. The molecule has 1 aromatic rings. The van der Waals surface area contributed by atoms with Crippen molar-refractivity contribution in [2.45, 2.75) is 6.61 Å². The minimum absolute atomic E-state index is 0.0647. The molecule has 0 N–H and O–H groups in total. The summed E-state index contributed by atoms with van der Waals surface area (Å²) in [7, 11) is 2.41. The number of hydrogen-bond acceptors (Lipinski definition) is 3. The minimum Gasteiger partial charge on any atom is -0.465 e. The Kier molecular flexibility index (Phi) is 4.20. The zero-order valence-electron chi connectivity index (χ0n) is 8.64. The summed E-state index contributed by atoms with van der Waals surface area (Å²) in [5, 5.41) is -0.0823. The number of methoxy groups -OCH3 is 2. The highest BCUT2D eigenvalue weighted by atomic mass is 35.5. The van der Waals surface area contributed by atoms with E-state index in [-0.39, 0.29) is 17.2 Å². The average molecular weight is 251 g/mol. The van der Waals surface area contributed by atoms with Crippen LogP contribution in [-0.4, -0.2) is 20.2 Å². The van der Waals surface area contributed by atoms with Crippen LogP contribution in [0.5, 0.6) is 0 Å². The van der Waals surface area contributed by atoms with E-state index < -0.39 is 23.2 Å². The van der Waals surface area contributed by atoms with Gasteiger partial charge in [-0.1, -0.05) is 11.6 Å². The molecule has 1 rings (SSSR count). The lowest BCUT2D eigenvalue weighted by atomic mass is 10.1. The van der Waals surface area contributed by atoms with Gasteiger partial charge in [0.05, 0.1) is 18.7 Å². The Hall–Kier alpha value is -1.20. The summed E-state index contributed by atoms with van der Waals surface area (Å²) >= 11 is 5.69. The van der Waals surface area contributed by atoms with Gasteiger partial charge in [-0.3, -0.25) is 0 Å². The number of hydrogen-bond donors (Lipinski definition) is 0. The van der Waals surface area contributed by atoms with E-state index in [0.29, 0.717) is 0 Å². The number of rotatable bonds is 3. The van der Waals surface area contributed by atoms with E-state index in [0.717, 1.165) is 13.2 Å². The number of carbonyl (C=O) groups is 1. The van der Waals surface area contributed by atoms with Gasteiger partial charge in [0.2, 0.25) is 0 Å². The summed E-state index contributed by atoms with van der Waals surface area (Å²) in [6.45, 7) is -0.111. The second-order valence-corrected chi connectivity index (χ2v) is 3.34. The van der Waals surface area contributed by atoms with Crippen LogP contribution in [0, 0.1) is 11.6 Å². The maximum atomic E-state index is 13.4. The fourth-order valence-electron chi connectivity index (χ4n) is 1.23. The topological polar surface area (TPSA) is 35.5 Å². The molecule has 16 heavy (non-hydrogen) atoms. The Morgan fingerprint density at radius 3 is 2.56 bits per heavy atom. The first-order valence-electron chi connectivity index (χ1n) is 4.26. The lowest BCUT2D eigenvalue weighted by Crippen LogP contribution is -2.11. The van der Waals surface area contributed by atoms with E-state index in [1.165, 1.54) is 7.11 Å². The van der Waals surface area contributed by atoms with Crippen molar-refractivity contribution in [3.8, 4) is 0 Å². The molecule has 0 spiro atoms. The number of esters is 1. The van der Waals surface area contributed by atoms with Crippen LogP contribution in [0.15, 0.2) is 6.07 Å². The highest BCUT2D eigenvalue weighted by Gasteiger charge is 2.23. The second kappa shape index (κ2) is 5.23. The summed E-state index contributed by atoms with van der Waals surface area (Å²) in [4.78, 5) is 11.3. The molecule has 0 aliphatic carbocycles. The van der Waals surface area contributed by atoms with Crippen molar-refractivity contribution in [2.24, 2.45) is 0 Å². The molecule has 0 saturated heterocycles. The largest absolute Gasteiger partial charge is 0.465 e. The zero-order valence-corrected chi connectivity index (χ0v) is 9.40. The van der Waals surface area contributed by atoms with Crippen molar-refractivity contribution in [1.29, 1.82) is 0 Å². The van der Waals surface area contributed by atoms with Gasteiger partial charge in [-0.2, -0.15) is 0 Å². The van der Waals surface area contributed by atoms with E-state index in [4.69, 9.17) is 16.3 Å². The van der Waals surface area contributed by atoms with Crippen LogP contribution in [0.1, 0.15) is 15.9 Å². The molecule has 0 atom stereocenters. The van der Waals surface area contributed by atoms with Gasteiger partial charge in [0, 0.05) is 12.7 Å². The Morgan fingerprint density at radius 1 is 1.44 bits per heavy atom. The maximum absolute atomic E-state index is 13.4. The molecule has 0 amide bonds. The van der Waals surface area contributed by atoms with Crippen molar-refractivity contribution >= 4 is 17.6 Å². The van der Waals surface area contributed by atoms with Gasteiger partial charge in [-0.25, -0.2) is 13.6 Å². The lowest BCUT2D eigenvalue weighted by molar-refractivity contribution is 0.0589. The lowest BCUT2D eigenvalue weighted by Gasteiger charge is -2.10. The van der Waals surface area contributed by atoms with Crippen molar-refractivity contribution in [2.75, 3.05) is 14.2 Å². The third-order valence-electron chi connectivity index (χ3n) is 1.95. The van der Waals surface area contributed by atoms with Crippen LogP contribution >= 0.6 is 11.6 Å². The third-order valence-corrected chi connectivity index (χ3v) is 2.29. The fourth-order valence-corrected chi connectivity index (χ4v) is 1.48. The molecular formula is C10H9ClF2O3. The quantitative estimate of drug-likeness (QED) is 0.611. The zero-order chi connectivity index (χ0) is 12.3. The van der Waals surface area contributed by atoms with Crippen molar-refractivity contribution in [3.63, 3.8) is 0 Å². The number of halogens is 3. The standard InChI is InChI=1S/C10H9ClF2O3/c1-15-4-5-6(11)3-7(12)9(13)8(5)10(14)16-2/h3H,4H2,1-2H3. The normalized spacial score (nSPS) is 10.3. The van der Waals surface area contributed by atoms with Crippen LogP contribution in [0.3, 0.4) is 0 Å². The van der Waals surface area contributed by atoms with Gasteiger partial charge >= 0.3 is 5.97 Å². The molecule has 88 valence electrons. The summed E-state index contributed by atoms with van der Waals surface area (Å²) in [6, 6.07) is 0.789. The Balaban J connectivity index is 3.44. The van der Waals surface area contributed by atoms with Crippen LogP contribution in [-0.2, 0) is 16.1 Å². The average Bonchev–Trinajstić information content (AvgIpc) is 2.25. The summed E-state index contributed by atoms with van der Waals surface area (Å²) in [5.41, 5.74) is -0.468. The molecule has 0 bridgehead atoms. The summed E-state index contributed by atoms with van der Waals surface area (Å²) < 4.78 is 35.6. The van der Waals surface area contributed by atoms with Crippen LogP contribution < -0.4 is 0 Å². The first-order valence-corrected chi connectivity index (χ1v) is 4.64. The van der Waals surface area contributed by atoms with E-state index in [1.54, 1.807) is 0 Å². The SMILES string of the molecule is COCc1c(Cl)cc(F)c(F)c1C(=O)OC. The minimum atomic E-state index is -1.29. The number of ether oxygens (including phenoxy) is 2. The highest BCUT2D eigenvalue weighted by molar-refractivity contribution is 6.31. The molecule has 1 aromatic carbocycles. The van der Waals surface area contributed by atoms with Crippen molar-refractivity contribution in [3.05, 3.63) is 33.9 Å². The van der Waals surface area contributed by atoms with Crippen LogP contribution in [0.25, 0.3) is 0 Å². The van der Waals surface area contributed by atoms with Crippen molar-refractivity contribution < 1.29 is 23.0 Å². The van der Waals surface area contributed by atoms with E-state index in [2.05, 4.69) is 4.74 Å². The molecule has 0 aliphatic rings. The highest BCUT2D eigenvalue weighted by Crippen LogP contribution is 2.26. The van der Waals surface area contributed by atoms with Gasteiger partial charge in [0.25, 0.3) is 0 Å². The molecule has 3 nitrogen and oxygen atoms in total. The number of carbonyl (C=O) groups excluding carboxylic acids is 1. The summed E-state index contributed by atoms with van der Waals surface area (Å²) in [5.74, 6) is -3.49. The van der Waals surface area contributed by atoms with Gasteiger partial charge in [-0.15, -0.1) is 0 Å². The Bertz CT molecular complexity index is 421. The van der Waals surface area contributed by atoms with Gasteiger partial charge in [0.1, 0.15) is 5.56 Å². The maximum Gasteiger partial charge on any atom is 0.341 e. The second-order valence-electron chi connectivity index (χ2n) is 2.93. The molecule has 0 saturated carbocycles. The molecular weight excluding hydrogens is 242 g/mol. The number of benzene rings is 1. The smallest absolute Gasteiger partial charge is 0.341 e. The first-order chi connectivity index (χ1) is 7.52. The molecule has 0 fully saturated rings. The van der Waals surface area contributed by atoms with Gasteiger partial charge in [-0.05, 0) is 6.07 Å². The van der Waals surface area contributed by atoms with Crippen molar-refractivity contribution in [1.82, 2.24) is 0 Å². The van der Waals surface area contributed by atoms with Crippen LogP contribution in [0.2, 0.25) is 5.02 Å².